The zero-order valence-electron chi connectivity index (χ0n) is 10.0. The molecule has 0 rings (SSSR count). The van der Waals surface area contributed by atoms with Gasteiger partial charge < -0.3 is 10.2 Å². The van der Waals surface area contributed by atoms with E-state index in [1.54, 1.807) is 0 Å². The second-order valence-corrected chi connectivity index (χ2v) is 4.29. The van der Waals surface area contributed by atoms with Gasteiger partial charge in [-0.2, -0.15) is 0 Å². The molecule has 0 aromatic carbocycles. The van der Waals surface area contributed by atoms with Gasteiger partial charge in [0.1, 0.15) is 0 Å². The van der Waals surface area contributed by atoms with E-state index in [-0.39, 0.29) is 18.1 Å². The molecule has 2 N–H and O–H groups in total. The van der Waals surface area contributed by atoms with Gasteiger partial charge >= 0.3 is 0 Å². The lowest BCUT2D eigenvalue weighted by Crippen LogP contribution is -2.27. The quantitative estimate of drug-likeness (QED) is 0.666. The van der Waals surface area contributed by atoms with Crippen molar-refractivity contribution in [2.45, 2.75) is 65.6 Å². The predicted molar refractivity (Wildman–Crippen MR) is 60.2 cm³/mol. The largest absolute Gasteiger partial charge is 0.393 e. The first-order valence-electron chi connectivity index (χ1n) is 5.92. The summed E-state index contributed by atoms with van der Waals surface area (Å²) in [6.07, 6.45) is 3.17. The van der Waals surface area contributed by atoms with Crippen molar-refractivity contribution < 1.29 is 10.2 Å². The second-order valence-electron chi connectivity index (χ2n) is 4.29. The van der Waals surface area contributed by atoms with Gasteiger partial charge in [0.15, 0.2) is 0 Å². The minimum absolute atomic E-state index is 0.241. The highest BCUT2D eigenvalue weighted by Gasteiger charge is 2.22. The lowest BCUT2D eigenvalue weighted by Gasteiger charge is -2.26. The number of aliphatic hydroxyl groups is 2. The van der Waals surface area contributed by atoms with Crippen LogP contribution in [0.3, 0.4) is 0 Å². The smallest absolute Gasteiger partial charge is 0.0571 e. The summed E-state index contributed by atoms with van der Waals surface area (Å²) in [6.45, 7) is 8.10. The molecule has 2 nitrogen and oxygen atoms in total. The molecule has 0 aromatic rings. The summed E-state index contributed by atoms with van der Waals surface area (Å²) in [7, 11) is 0. The first-order chi connectivity index (χ1) is 6.56. The summed E-state index contributed by atoms with van der Waals surface area (Å²) in [5, 5.41) is 19.4. The van der Waals surface area contributed by atoms with Crippen LogP contribution < -0.4 is 0 Å². The molecule has 0 fully saturated rings. The highest BCUT2D eigenvalue weighted by molar-refractivity contribution is 4.73. The molecule has 3 unspecified atom stereocenters. The van der Waals surface area contributed by atoms with E-state index in [0.717, 1.165) is 25.7 Å². The van der Waals surface area contributed by atoms with E-state index >= 15 is 0 Å². The summed E-state index contributed by atoms with van der Waals surface area (Å²) in [5.41, 5.74) is 0. The molecular formula is C12H26O2. The molecule has 0 heterocycles. The van der Waals surface area contributed by atoms with Crippen molar-refractivity contribution in [1.82, 2.24) is 0 Å². The number of rotatable bonds is 7. The van der Waals surface area contributed by atoms with Crippen LogP contribution in [0.15, 0.2) is 0 Å². The molecule has 14 heavy (non-hydrogen) atoms. The van der Waals surface area contributed by atoms with Crippen LogP contribution in [-0.2, 0) is 0 Å². The Bertz CT molecular complexity index is 130. The van der Waals surface area contributed by atoms with Crippen LogP contribution >= 0.6 is 0 Å². The number of aliphatic hydroxyl groups excluding tert-OH is 2. The molecule has 0 amide bonds. The first-order valence-corrected chi connectivity index (χ1v) is 5.92. The zero-order chi connectivity index (χ0) is 11.1. The van der Waals surface area contributed by atoms with Gasteiger partial charge in [0.2, 0.25) is 0 Å². The molecule has 86 valence electrons. The van der Waals surface area contributed by atoms with Crippen LogP contribution in [0.1, 0.15) is 53.4 Å². The van der Waals surface area contributed by atoms with Crippen LogP contribution in [0.4, 0.5) is 0 Å². The van der Waals surface area contributed by atoms with Crippen molar-refractivity contribution in [3.8, 4) is 0 Å². The van der Waals surface area contributed by atoms with Gasteiger partial charge in [0.05, 0.1) is 12.2 Å². The van der Waals surface area contributed by atoms with Crippen LogP contribution in [0.5, 0.6) is 0 Å². The van der Waals surface area contributed by atoms with Crippen LogP contribution in [0.2, 0.25) is 0 Å². The van der Waals surface area contributed by atoms with Crippen molar-refractivity contribution in [2.24, 2.45) is 11.8 Å². The van der Waals surface area contributed by atoms with E-state index in [9.17, 15) is 10.2 Å². The fraction of sp³-hybridized carbons (Fsp3) is 1.00. The normalized spacial score (nSPS) is 18.2. The molecule has 0 saturated carbocycles. The molecule has 0 spiro atoms. The van der Waals surface area contributed by atoms with Crippen molar-refractivity contribution in [3.05, 3.63) is 0 Å². The van der Waals surface area contributed by atoms with Crippen molar-refractivity contribution in [1.29, 1.82) is 0 Å². The fourth-order valence-corrected chi connectivity index (χ4v) is 2.04. The molecule has 3 atom stereocenters. The number of hydrogen-bond acceptors (Lipinski definition) is 2. The van der Waals surface area contributed by atoms with E-state index in [1.165, 1.54) is 0 Å². The molecule has 0 aliphatic heterocycles. The summed E-state index contributed by atoms with van der Waals surface area (Å²) in [6, 6.07) is 0. The Labute approximate surface area is 88.3 Å². The van der Waals surface area contributed by atoms with E-state index in [0.29, 0.717) is 5.92 Å². The Balaban J connectivity index is 4.06. The Morgan fingerprint density at radius 3 is 1.57 bits per heavy atom. The minimum atomic E-state index is -0.302. The van der Waals surface area contributed by atoms with Gasteiger partial charge in [0, 0.05) is 0 Å². The molecule has 0 aliphatic carbocycles. The van der Waals surface area contributed by atoms with E-state index < -0.39 is 0 Å². The summed E-state index contributed by atoms with van der Waals surface area (Å²) in [5.74, 6) is 0.633. The average Bonchev–Trinajstić information content (AvgIpc) is 2.15. The molecule has 0 radical (unpaired) electrons. The third kappa shape index (κ3) is 4.43. The fourth-order valence-electron chi connectivity index (χ4n) is 2.04. The van der Waals surface area contributed by atoms with Crippen molar-refractivity contribution in [2.75, 3.05) is 0 Å². The van der Waals surface area contributed by atoms with Crippen LogP contribution in [-0.4, -0.2) is 22.4 Å². The van der Waals surface area contributed by atoms with Crippen molar-refractivity contribution >= 4 is 0 Å². The first kappa shape index (κ1) is 13.9. The molecule has 0 aromatic heterocycles. The van der Waals surface area contributed by atoms with Gasteiger partial charge in [-0.3, -0.25) is 0 Å². The SMILES string of the molecule is CCC(CC(O)C(CC)CC)C(C)O. The Morgan fingerprint density at radius 2 is 1.29 bits per heavy atom. The summed E-state index contributed by atoms with van der Waals surface area (Å²) in [4.78, 5) is 0. The topological polar surface area (TPSA) is 40.5 Å². The molecule has 0 bridgehead atoms. The van der Waals surface area contributed by atoms with Gasteiger partial charge in [-0.15, -0.1) is 0 Å². The average molecular weight is 202 g/mol. The summed E-state index contributed by atoms with van der Waals surface area (Å²) < 4.78 is 0. The van der Waals surface area contributed by atoms with E-state index in [1.807, 2.05) is 6.92 Å². The minimum Gasteiger partial charge on any atom is -0.393 e. The third-order valence-electron chi connectivity index (χ3n) is 3.34. The standard InChI is InChI=1S/C12H26O2/c1-5-10(6-2)12(14)8-11(7-3)9(4)13/h9-14H,5-8H2,1-4H3. The zero-order valence-corrected chi connectivity index (χ0v) is 10.0. The van der Waals surface area contributed by atoms with Crippen LogP contribution in [0, 0.1) is 11.8 Å². The predicted octanol–water partition coefficient (Wildman–Crippen LogP) is 2.58. The Kier molecular flexibility index (Phi) is 7.20. The molecule has 0 aliphatic rings. The van der Waals surface area contributed by atoms with E-state index in [4.69, 9.17) is 0 Å². The van der Waals surface area contributed by atoms with Crippen molar-refractivity contribution in [3.63, 3.8) is 0 Å². The van der Waals surface area contributed by atoms with Gasteiger partial charge in [-0.1, -0.05) is 40.0 Å². The highest BCUT2D eigenvalue weighted by Crippen LogP contribution is 2.23. The maximum atomic E-state index is 9.95. The molecule has 0 saturated heterocycles. The molecular weight excluding hydrogens is 176 g/mol. The maximum absolute atomic E-state index is 9.95. The van der Waals surface area contributed by atoms with Gasteiger partial charge in [-0.25, -0.2) is 0 Å². The van der Waals surface area contributed by atoms with Gasteiger partial charge in [0.25, 0.3) is 0 Å². The lowest BCUT2D eigenvalue weighted by molar-refractivity contribution is 0.0380. The Morgan fingerprint density at radius 1 is 0.857 bits per heavy atom. The maximum Gasteiger partial charge on any atom is 0.0571 e. The van der Waals surface area contributed by atoms with Crippen LogP contribution in [0.25, 0.3) is 0 Å². The monoisotopic (exact) mass is 202 g/mol. The summed E-state index contributed by atoms with van der Waals surface area (Å²) >= 11 is 0. The molecule has 2 heteroatoms. The number of hydrogen-bond donors (Lipinski definition) is 2. The highest BCUT2D eigenvalue weighted by atomic mass is 16.3. The lowest BCUT2D eigenvalue weighted by atomic mass is 9.86. The Hall–Kier alpha value is -0.0800. The van der Waals surface area contributed by atoms with Gasteiger partial charge in [-0.05, 0) is 25.2 Å². The second kappa shape index (κ2) is 7.24. The van der Waals surface area contributed by atoms with E-state index in [2.05, 4.69) is 20.8 Å². The third-order valence-corrected chi connectivity index (χ3v) is 3.34.